The maximum absolute atomic E-state index is 12.6. The van der Waals surface area contributed by atoms with E-state index in [4.69, 9.17) is 0 Å². The topological polar surface area (TPSA) is 52.6 Å². The van der Waals surface area contributed by atoms with Gasteiger partial charge in [0.05, 0.1) is 12.6 Å². The van der Waals surface area contributed by atoms with Gasteiger partial charge in [-0.3, -0.25) is 9.69 Å². The number of nitrogens with one attached hydrogen (secondary N) is 1. The predicted octanol–water partition coefficient (Wildman–Crippen LogP) is 3.01. The number of fused-ring (bicyclic) bond motifs is 1. The van der Waals surface area contributed by atoms with Gasteiger partial charge in [0.1, 0.15) is 0 Å². The minimum absolute atomic E-state index is 0.134. The second-order valence-corrected chi connectivity index (χ2v) is 8.03. The van der Waals surface area contributed by atoms with E-state index in [0.717, 1.165) is 45.2 Å². The molecule has 4 heteroatoms. The highest BCUT2D eigenvalue weighted by atomic mass is 16.3. The third-order valence-electron chi connectivity index (χ3n) is 5.82. The van der Waals surface area contributed by atoms with E-state index in [2.05, 4.69) is 42.3 Å². The largest absolute Gasteiger partial charge is 0.396 e. The van der Waals surface area contributed by atoms with Crippen molar-refractivity contribution in [1.82, 2.24) is 10.2 Å². The van der Waals surface area contributed by atoms with Crippen LogP contribution >= 0.6 is 0 Å². The predicted molar refractivity (Wildman–Crippen MR) is 101 cm³/mol. The molecule has 2 N–H and O–H groups in total. The Hall–Kier alpha value is -1.39. The molecule has 0 radical (unpaired) electrons. The average molecular weight is 344 g/mol. The minimum Gasteiger partial charge on any atom is -0.396 e. The van der Waals surface area contributed by atoms with Gasteiger partial charge in [0.15, 0.2) is 0 Å². The van der Waals surface area contributed by atoms with E-state index < -0.39 is 0 Å². The molecule has 138 valence electrons. The Labute approximate surface area is 151 Å². The number of amides is 1. The van der Waals surface area contributed by atoms with Gasteiger partial charge in [0.25, 0.3) is 0 Å². The molecule has 0 aromatic heterocycles. The van der Waals surface area contributed by atoms with Crippen LogP contribution < -0.4 is 5.32 Å². The monoisotopic (exact) mass is 344 g/mol. The molecule has 25 heavy (non-hydrogen) atoms. The highest BCUT2D eigenvalue weighted by Gasteiger charge is 2.25. The molecular weight excluding hydrogens is 312 g/mol. The fraction of sp³-hybridized carbons (Fsp3) is 0.667. The fourth-order valence-electron chi connectivity index (χ4n) is 4.10. The molecule has 0 spiro atoms. The van der Waals surface area contributed by atoms with Crippen molar-refractivity contribution < 1.29 is 9.90 Å². The van der Waals surface area contributed by atoms with Crippen LogP contribution in [-0.2, 0) is 11.2 Å². The van der Waals surface area contributed by atoms with Crippen LogP contribution in [0, 0.1) is 5.92 Å². The van der Waals surface area contributed by atoms with E-state index in [1.54, 1.807) is 0 Å². The summed E-state index contributed by atoms with van der Waals surface area (Å²) in [7, 11) is 0. The lowest BCUT2D eigenvalue weighted by molar-refractivity contribution is -0.123. The molecule has 2 aliphatic rings. The maximum atomic E-state index is 12.6. The van der Waals surface area contributed by atoms with E-state index >= 15 is 0 Å². The zero-order valence-corrected chi connectivity index (χ0v) is 15.6. The van der Waals surface area contributed by atoms with Crippen LogP contribution in [0.25, 0.3) is 0 Å². The lowest BCUT2D eigenvalue weighted by Gasteiger charge is -2.32. The molecule has 4 nitrogen and oxygen atoms in total. The smallest absolute Gasteiger partial charge is 0.234 e. The van der Waals surface area contributed by atoms with Crippen LogP contribution in [-0.4, -0.2) is 42.2 Å². The van der Waals surface area contributed by atoms with Crippen LogP contribution in [0.2, 0.25) is 0 Å². The highest BCUT2D eigenvalue weighted by Crippen LogP contribution is 2.32. The number of hydrogen-bond donors (Lipinski definition) is 2. The first-order chi connectivity index (χ1) is 12.1. The average Bonchev–Trinajstić information content (AvgIpc) is 2.62. The first-order valence-corrected chi connectivity index (χ1v) is 9.82. The SMILES string of the molecule is CC(C)c1ccc2c(c1)[C@@H](NC(=O)CN1CCC(CO)CC1)CCC2. The van der Waals surface area contributed by atoms with Crippen molar-refractivity contribution in [2.75, 3.05) is 26.2 Å². The Morgan fingerprint density at radius 3 is 2.72 bits per heavy atom. The quantitative estimate of drug-likeness (QED) is 0.863. The van der Waals surface area contributed by atoms with Crippen molar-refractivity contribution in [2.24, 2.45) is 5.92 Å². The van der Waals surface area contributed by atoms with Gasteiger partial charge in [-0.1, -0.05) is 32.0 Å². The Morgan fingerprint density at radius 2 is 2.04 bits per heavy atom. The molecular formula is C21H32N2O2. The normalized spacial score (nSPS) is 22.0. The van der Waals surface area contributed by atoms with Gasteiger partial charge < -0.3 is 10.4 Å². The molecule has 1 aromatic carbocycles. The summed E-state index contributed by atoms with van der Waals surface area (Å²) < 4.78 is 0. The third kappa shape index (κ3) is 4.62. The van der Waals surface area contributed by atoms with Gasteiger partial charge in [-0.2, -0.15) is 0 Å². The van der Waals surface area contributed by atoms with E-state index in [1.807, 2.05) is 0 Å². The van der Waals surface area contributed by atoms with E-state index in [0.29, 0.717) is 18.4 Å². The first kappa shape index (κ1) is 18.4. The number of aryl methyl sites for hydroxylation is 1. The summed E-state index contributed by atoms with van der Waals surface area (Å²) in [5.74, 6) is 1.06. The summed E-state index contributed by atoms with van der Waals surface area (Å²) in [5, 5.41) is 12.5. The molecule has 0 saturated carbocycles. The lowest BCUT2D eigenvalue weighted by atomic mass is 9.85. The summed E-state index contributed by atoms with van der Waals surface area (Å²) in [6.45, 7) is 7.02. The summed E-state index contributed by atoms with van der Waals surface area (Å²) in [6.07, 6.45) is 5.28. The van der Waals surface area contributed by atoms with Crippen LogP contribution in [0.15, 0.2) is 18.2 Å². The molecule has 1 aromatic rings. The van der Waals surface area contributed by atoms with Crippen molar-refractivity contribution in [1.29, 1.82) is 0 Å². The van der Waals surface area contributed by atoms with Crippen LogP contribution in [0.1, 0.15) is 68.2 Å². The number of carbonyl (C=O) groups excluding carboxylic acids is 1. The van der Waals surface area contributed by atoms with Gasteiger partial charge in [-0.25, -0.2) is 0 Å². The number of aliphatic hydroxyl groups excluding tert-OH is 1. The number of piperidine rings is 1. The summed E-state index contributed by atoms with van der Waals surface area (Å²) in [6, 6.07) is 6.95. The molecule has 1 saturated heterocycles. The Balaban J connectivity index is 1.60. The number of carbonyl (C=O) groups is 1. The molecule has 1 fully saturated rings. The van der Waals surface area contributed by atoms with Crippen LogP contribution in [0.5, 0.6) is 0 Å². The molecule has 0 unspecified atom stereocenters. The van der Waals surface area contributed by atoms with Crippen molar-refractivity contribution >= 4 is 5.91 Å². The molecule has 1 aliphatic heterocycles. The van der Waals surface area contributed by atoms with Crippen molar-refractivity contribution in [3.05, 3.63) is 34.9 Å². The van der Waals surface area contributed by atoms with Gasteiger partial charge in [-0.05, 0) is 73.7 Å². The fourth-order valence-corrected chi connectivity index (χ4v) is 4.10. The zero-order chi connectivity index (χ0) is 17.8. The summed E-state index contributed by atoms with van der Waals surface area (Å²) >= 11 is 0. The standard InChI is InChI=1S/C21H32N2O2/c1-15(2)18-7-6-17-4-3-5-20(19(17)12-18)22-21(25)13-23-10-8-16(14-24)9-11-23/h6-7,12,15-16,20,24H,3-5,8-11,13-14H2,1-2H3,(H,22,25)/t20-/m0/s1. The Kier molecular flexibility index (Phi) is 6.13. The van der Waals surface area contributed by atoms with Gasteiger partial charge >= 0.3 is 0 Å². The third-order valence-corrected chi connectivity index (χ3v) is 5.82. The molecule has 1 heterocycles. The van der Waals surface area contributed by atoms with Crippen molar-refractivity contribution in [3.8, 4) is 0 Å². The second-order valence-electron chi connectivity index (χ2n) is 8.03. The van der Waals surface area contributed by atoms with Gasteiger partial charge in [0.2, 0.25) is 5.91 Å². The number of rotatable bonds is 5. The van der Waals surface area contributed by atoms with E-state index in [1.165, 1.54) is 16.7 Å². The Bertz CT molecular complexity index is 592. The number of aliphatic hydroxyl groups is 1. The number of hydrogen-bond acceptors (Lipinski definition) is 3. The molecule has 1 amide bonds. The van der Waals surface area contributed by atoms with Crippen molar-refractivity contribution in [3.63, 3.8) is 0 Å². The van der Waals surface area contributed by atoms with E-state index in [-0.39, 0.29) is 18.6 Å². The van der Waals surface area contributed by atoms with Gasteiger partial charge in [0, 0.05) is 6.61 Å². The van der Waals surface area contributed by atoms with Gasteiger partial charge in [-0.15, -0.1) is 0 Å². The summed E-state index contributed by atoms with van der Waals surface area (Å²) in [4.78, 5) is 14.8. The summed E-state index contributed by atoms with van der Waals surface area (Å²) in [5.41, 5.74) is 4.07. The number of benzene rings is 1. The molecule has 3 rings (SSSR count). The van der Waals surface area contributed by atoms with Crippen LogP contribution in [0.4, 0.5) is 0 Å². The molecule has 1 aliphatic carbocycles. The molecule has 0 bridgehead atoms. The van der Waals surface area contributed by atoms with E-state index in [9.17, 15) is 9.90 Å². The molecule has 1 atom stereocenters. The number of likely N-dealkylation sites (tertiary alicyclic amines) is 1. The Morgan fingerprint density at radius 1 is 1.28 bits per heavy atom. The zero-order valence-electron chi connectivity index (χ0n) is 15.6. The maximum Gasteiger partial charge on any atom is 0.234 e. The van der Waals surface area contributed by atoms with Crippen LogP contribution in [0.3, 0.4) is 0 Å². The minimum atomic E-state index is 0.134. The first-order valence-electron chi connectivity index (χ1n) is 9.82. The second kappa shape index (κ2) is 8.33. The van der Waals surface area contributed by atoms with Crippen molar-refractivity contribution in [2.45, 2.75) is 57.9 Å². The lowest BCUT2D eigenvalue weighted by Crippen LogP contribution is -2.43. The highest BCUT2D eigenvalue weighted by molar-refractivity contribution is 5.78. The number of nitrogens with zero attached hydrogens (tertiary/aromatic N) is 1.